The first-order chi connectivity index (χ1) is 17.0. The Labute approximate surface area is 210 Å². The zero-order chi connectivity index (χ0) is 26.5. The summed E-state index contributed by atoms with van der Waals surface area (Å²) in [6.07, 6.45) is 1.53. The molecule has 0 aliphatic carbocycles. The standard InChI is InChI=1S/C25H34N4O7/c1-6-34-22(31)18-12-17-16(14-26-19(17)13-20(18)27-21(30)23(32)35-7-2)15-28-8-10-29(11-9-28)24(33)36-25(3,4)5/h12-14,26H,6-11,15H2,1-5H3,(H,27,30). The molecule has 1 aliphatic rings. The Hall–Kier alpha value is -3.60. The first-order valence-corrected chi connectivity index (χ1v) is 12.0. The number of aromatic nitrogens is 1. The fourth-order valence-corrected chi connectivity index (χ4v) is 3.87. The van der Waals surface area contributed by atoms with Crippen molar-refractivity contribution in [3.63, 3.8) is 0 Å². The summed E-state index contributed by atoms with van der Waals surface area (Å²) in [7, 11) is 0. The van der Waals surface area contributed by atoms with Crippen LogP contribution in [0, 0.1) is 0 Å². The summed E-state index contributed by atoms with van der Waals surface area (Å²) in [6, 6.07) is 3.25. The summed E-state index contributed by atoms with van der Waals surface area (Å²) < 4.78 is 15.4. The first kappa shape index (κ1) is 27.0. The van der Waals surface area contributed by atoms with Crippen molar-refractivity contribution >= 4 is 40.5 Å². The Bertz CT molecular complexity index is 1130. The van der Waals surface area contributed by atoms with Crippen LogP contribution in [-0.4, -0.2) is 83.7 Å². The van der Waals surface area contributed by atoms with Gasteiger partial charge in [0.15, 0.2) is 0 Å². The van der Waals surface area contributed by atoms with Crippen molar-refractivity contribution in [2.24, 2.45) is 0 Å². The van der Waals surface area contributed by atoms with Gasteiger partial charge in [0, 0.05) is 49.8 Å². The number of piperazine rings is 1. The van der Waals surface area contributed by atoms with Gasteiger partial charge < -0.3 is 29.4 Å². The lowest BCUT2D eigenvalue weighted by molar-refractivity contribution is -0.152. The molecule has 1 aromatic carbocycles. The third kappa shape index (κ3) is 6.75. The van der Waals surface area contributed by atoms with Gasteiger partial charge in [-0.15, -0.1) is 0 Å². The lowest BCUT2D eigenvalue weighted by Crippen LogP contribution is -2.49. The lowest BCUT2D eigenvalue weighted by Gasteiger charge is -2.35. The molecule has 1 aliphatic heterocycles. The quantitative estimate of drug-likeness (QED) is 0.350. The van der Waals surface area contributed by atoms with Crippen molar-refractivity contribution < 1.29 is 33.4 Å². The average Bonchev–Trinajstić information content (AvgIpc) is 3.19. The Morgan fingerprint density at radius 3 is 2.28 bits per heavy atom. The van der Waals surface area contributed by atoms with Gasteiger partial charge in [-0.25, -0.2) is 14.4 Å². The number of anilines is 1. The van der Waals surface area contributed by atoms with Crippen LogP contribution in [0.15, 0.2) is 18.3 Å². The van der Waals surface area contributed by atoms with Crippen LogP contribution < -0.4 is 5.32 Å². The molecule has 0 spiro atoms. The molecular formula is C25H34N4O7. The van der Waals surface area contributed by atoms with E-state index >= 15 is 0 Å². The molecule has 2 amide bonds. The second-order valence-corrected chi connectivity index (χ2v) is 9.40. The molecule has 1 aromatic heterocycles. The van der Waals surface area contributed by atoms with Gasteiger partial charge in [-0.3, -0.25) is 9.69 Å². The van der Waals surface area contributed by atoms with Gasteiger partial charge in [-0.2, -0.15) is 0 Å². The number of aromatic amines is 1. The Morgan fingerprint density at radius 2 is 1.67 bits per heavy atom. The van der Waals surface area contributed by atoms with E-state index in [0.29, 0.717) is 38.2 Å². The molecule has 1 saturated heterocycles. The molecule has 0 radical (unpaired) electrons. The predicted molar refractivity (Wildman–Crippen MR) is 133 cm³/mol. The third-order valence-corrected chi connectivity index (χ3v) is 5.53. The topological polar surface area (TPSA) is 130 Å². The number of fused-ring (bicyclic) bond motifs is 1. The number of amides is 2. The predicted octanol–water partition coefficient (Wildman–Crippen LogP) is 2.90. The normalized spacial score (nSPS) is 14.4. The van der Waals surface area contributed by atoms with Crippen LogP contribution in [0.2, 0.25) is 0 Å². The van der Waals surface area contributed by atoms with Gasteiger partial charge in [-0.05, 0) is 52.3 Å². The highest BCUT2D eigenvalue weighted by Gasteiger charge is 2.27. The highest BCUT2D eigenvalue weighted by atomic mass is 16.6. The minimum Gasteiger partial charge on any atom is -0.462 e. The van der Waals surface area contributed by atoms with Crippen LogP contribution in [0.1, 0.15) is 50.5 Å². The van der Waals surface area contributed by atoms with E-state index in [-0.39, 0.29) is 30.6 Å². The third-order valence-electron chi connectivity index (χ3n) is 5.53. The van der Waals surface area contributed by atoms with Crippen LogP contribution in [0.25, 0.3) is 10.9 Å². The first-order valence-electron chi connectivity index (χ1n) is 12.0. The van der Waals surface area contributed by atoms with Gasteiger partial charge >= 0.3 is 23.9 Å². The number of nitrogens with one attached hydrogen (secondary N) is 2. The summed E-state index contributed by atoms with van der Waals surface area (Å²) in [5.41, 5.74) is 1.38. The summed E-state index contributed by atoms with van der Waals surface area (Å²) in [6.45, 7) is 12.1. The zero-order valence-electron chi connectivity index (χ0n) is 21.4. The van der Waals surface area contributed by atoms with Crippen LogP contribution in [0.5, 0.6) is 0 Å². The summed E-state index contributed by atoms with van der Waals surface area (Å²) in [5, 5.41) is 3.25. The Kier molecular flexibility index (Phi) is 8.57. The number of hydrogen-bond donors (Lipinski definition) is 2. The number of nitrogens with zero attached hydrogens (tertiary/aromatic N) is 2. The number of benzene rings is 1. The maximum Gasteiger partial charge on any atom is 0.410 e. The number of ether oxygens (including phenoxy) is 3. The number of H-pyrrole nitrogens is 1. The molecule has 1 fully saturated rings. The van der Waals surface area contributed by atoms with Crippen molar-refractivity contribution in [1.29, 1.82) is 0 Å². The number of rotatable bonds is 6. The lowest BCUT2D eigenvalue weighted by atomic mass is 10.1. The summed E-state index contributed by atoms with van der Waals surface area (Å²) in [5.74, 6) is -2.63. The average molecular weight is 503 g/mol. The van der Waals surface area contributed by atoms with E-state index in [1.54, 1.807) is 30.9 Å². The molecule has 11 heteroatoms. The molecule has 0 bridgehead atoms. The molecule has 0 unspecified atom stereocenters. The molecule has 196 valence electrons. The molecule has 2 heterocycles. The van der Waals surface area contributed by atoms with E-state index in [2.05, 4.69) is 15.2 Å². The molecule has 2 aromatic rings. The van der Waals surface area contributed by atoms with E-state index < -0.39 is 23.4 Å². The monoisotopic (exact) mass is 502 g/mol. The number of esters is 2. The van der Waals surface area contributed by atoms with Crippen LogP contribution >= 0.6 is 0 Å². The fraction of sp³-hybridized carbons (Fsp3) is 0.520. The maximum atomic E-state index is 12.6. The zero-order valence-corrected chi connectivity index (χ0v) is 21.4. The molecular weight excluding hydrogens is 468 g/mol. The van der Waals surface area contributed by atoms with Crippen LogP contribution in [-0.2, 0) is 30.3 Å². The van der Waals surface area contributed by atoms with Gasteiger partial charge in [-0.1, -0.05) is 0 Å². The van der Waals surface area contributed by atoms with Crippen LogP contribution in [0.4, 0.5) is 10.5 Å². The van der Waals surface area contributed by atoms with Crippen molar-refractivity contribution in [2.75, 3.05) is 44.7 Å². The highest BCUT2D eigenvalue weighted by Crippen LogP contribution is 2.28. The number of carbonyl (C=O) groups excluding carboxylic acids is 4. The SMILES string of the molecule is CCOC(=O)C(=O)Nc1cc2[nH]cc(CN3CCN(C(=O)OC(C)(C)C)CC3)c2cc1C(=O)OCC. The van der Waals surface area contributed by atoms with E-state index in [4.69, 9.17) is 14.2 Å². The Morgan fingerprint density at radius 1 is 1.00 bits per heavy atom. The van der Waals surface area contributed by atoms with Gasteiger partial charge in [0.2, 0.25) is 0 Å². The number of hydrogen-bond acceptors (Lipinski definition) is 8. The van der Waals surface area contributed by atoms with Crippen molar-refractivity contribution in [1.82, 2.24) is 14.8 Å². The molecule has 36 heavy (non-hydrogen) atoms. The maximum absolute atomic E-state index is 12.6. The van der Waals surface area contributed by atoms with Crippen molar-refractivity contribution in [3.05, 3.63) is 29.5 Å². The highest BCUT2D eigenvalue weighted by molar-refractivity contribution is 6.37. The minimum absolute atomic E-state index is 0.0576. The summed E-state index contributed by atoms with van der Waals surface area (Å²) >= 11 is 0. The molecule has 0 saturated carbocycles. The van der Waals surface area contributed by atoms with Crippen molar-refractivity contribution in [3.8, 4) is 0 Å². The molecule has 0 atom stereocenters. The van der Waals surface area contributed by atoms with Gasteiger partial charge in [0.25, 0.3) is 0 Å². The number of carbonyl (C=O) groups is 4. The molecule has 3 rings (SSSR count). The van der Waals surface area contributed by atoms with E-state index in [1.807, 2.05) is 27.0 Å². The summed E-state index contributed by atoms with van der Waals surface area (Å²) in [4.78, 5) is 56.0. The van der Waals surface area contributed by atoms with Crippen molar-refractivity contribution in [2.45, 2.75) is 46.8 Å². The van der Waals surface area contributed by atoms with E-state index in [0.717, 1.165) is 10.9 Å². The second kappa shape index (κ2) is 11.4. The second-order valence-electron chi connectivity index (χ2n) is 9.40. The largest absolute Gasteiger partial charge is 0.462 e. The van der Waals surface area contributed by atoms with Gasteiger partial charge in [0.1, 0.15) is 5.60 Å². The molecule has 2 N–H and O–H groups in total. The smallest absolute Gasteiger partial charge is 0.410 e. The minimum atomic E-state index is -1.04. The van der Waals surface area contributed by atoms with E-state index in [1.165, 1.54) is 0 Å². The fourth-order valence-electron chi connectivity index (χ4n) is 3.87. The molecule has 11 nitrogen and oxygen atoms in total. The van der Waals surface area contributed by atoms with E-state index in [9.17, 15) is 19.2 Å². The van der Waals surface area contributed by atoms with Crippen LogP contribution in [0.3, 0.4) is 0 Å². The van der Waals surface area contributed by atoms with Gasteiger partial charge in [0.05, 0.1) is 24.5 Å². The Balaban J connectivity index is 1.77.